The van der Waals surface area contributed by atoms with Gasteiger partial charge in [-0.05, 0) is 80.1 Å². The third-order valence-corrected chi connectivity index (χ3v) is 7.04. The Hall–Kier alpha value is -4.24. The maximum absolute atomic E-state index is 14.1. The van der Waals surface area contributed by atoms with Crippen LogP contribution in [0.15, 0.2) is 91.1 Å². The van der Waals surface area contributed by atoms with Crippen molar-refractivity contribution in [1.82, 2.24) is 9.47 Å². The maximum atomic E-state index is 14.1. The van der Waals surface area contributed by atoms with E-state index < -0.39 is 23.8 Å². The summed E-state index contributed by atoms with van der Waals surface area (Å²) < 4.78 is 40.9. The zero-order chi connectivity index (χ0) is 28.6. The van der Waals surface area contributed by atoms with Crippen molar-refractivity contribution in [2.45, 2.75) is 32.1 Å². The molecule has 2 heterocycles. The van der Waals surface area contributed by atoms with E-state index in [1.54, 1.807) is 24.8 Å². The van der Waals surface area contributed by atoms with Gasteiger partial charge in [-0.1, -0.05) is 35.9 Å². The molecule has 1 atom stereocenters. The fraction of sp³-hybridized carbons (Fsp3) is 0.200. The van der Waals surface area contributed by atoms with Crippen molar-refractivity contribution in [3.63, 3.8) is 0 Å². The monoisotopic (exact) mass is 566 g/mol. The Morgan fingerprint density at radius 3 is 2.30 bits per heavy atom. The predicted octanol–water partition coefficient (Wildman–Crippen LogP) is 7.53. The van der Waals surface area contributed by atoms with Gasteiger partial charge in [0.25, 0.3) is 0 Å². The van der Waals surface area contributed by atoms with Crippen molar-refractivity contribution in [3.05, 3.63) is 113 Å². The van der Waals surface area contributed by atoms with Gasteiger partial charge in [-0.2, -0.15) is 13.2 Å². The third-order valence-electron chi connectivity index (χ3n) is 6.81. The number of nitrogens with zero attached hydrogens (tertiary/aromatic N) is 3. The SMILES string of the molecule is CC(C)N(CC(=O)N1c2ccccc2-n2cccc2C1c1cccc(Cl)c1)C(=O)Nc1ccc(C(F)(F)F)cc1. The van der Waals surface area contributed by atoms with Crippen LogP contribution in [0.25, 0.3) is 5.69 Å². The number of amides is 3. The van der Waals surface area contributed by atoms with Gasteiger partial charge in [-0.3, -0.25) is 9.69 Å². The summed E-state index contributed by atoms with van der Waals surface area (Å²) in [5.41, 5.74) is 2.53. The molecule has 1 N–H and O–H groups in total. The molecule has 1 aliphatic rings. The number of halogens is 4. The number of fused-ring (bicyclic) bond motifs is 3. The lowest BCUT2D eigenvalue weighted by Gasteiger charge is -2.40. The average molecular weight is 567 g/mol. The zero-order valence-corrected chi connectivity index (χ0v) is 22.4. The molecule has 0 aliphatic carbocycles. The van der Waals surface area contributed by atoms with E-state index in [-0.39, 0.29) is 24.2 Å². The summed E-state index contributed by atoms with van der Waals surface area (Å²) in [4.78, 5) is 30.4. The van der Waals surface area contributed by atoms with Crippen molar-refractivity contribution < 1.29 is 22.8 Å². The van der Waals surface area contributed by atoms with Gasteiger partial charge in [0.2, 0.25) is 5.91 Å². The average Bonchev–Trinajstić information content (AvgIpc) is 3.40. The van der Waals surface area contributed by atoms with Gasteiger partial charge >= 0.3 is 12.2 Å². The van der Waals surface area contributed by atoms with Gasteiger partial charge in [0.1, 0.15) is 12.6 Å². The maximum Gasteiger partial charge on any atom is 0.416 e. The lowest BCUT2D eigenvalue weighted by molar-refractivity contribution is -0.137. The Morgan fingerprint density at radius 2 is 1.65 bits per heavy atom. The number of anilines is 2. The highest BCUT2D eigenvalue weighted by atomic mass is 35.5. The minimum atomic E-state index is -4.48. The fourth-order valence-corrected chi connectivity index (χ4v) is 5.10. The summed E-state index contributed by atoms with van der Waals surface area (Å²) >= 11 is 6.34. The summed E-state index contributed by atoms with van der Waals surface area (Å²) in [7, 11) is 0. The molecule has 6 nitrogen and oxygen atoms in total. The van der Waals surface area contributed by atoms with Crippen LogP contribution in [0.4, 0.5) is 29.3 Å². The van der Waals surface area contributed by atoms with Crippen molar-refractivity contribution in [1.29, 1.82) is 0 Å². The van der Waals surface area contributed by atoms with E-state index in [2.05, 4.69) is 5.32 Å². The Balaban J connectivity index is 1.47. The van der Waals surface area contributed by atoms with Crippen molar-refractivity contribution in [3.8, 4) is 5.69 Å². The highest BCUT2D eigenvalue weighted by Crippen LogP contribution is 2.42. The largest absolute Gasteiger partial charge is 0.416 e. The molecule has 5 rings (SSSR count). The topological polar surface area (TPSA) is 57.6 Å². The van der Waals surface area contributed by atoms with Crippen molar-refractivity contribution >= 4 is 34.9 Å². The van der Waals surface area contributed by atoms with Crippen molar-refractivity contribution in [2.75, 3.05) is 16.8 Å². The zero-order valence-electron chi connectivity index (χ0n) is 21.7. The smallest absolute Gasteiger partial charge is 0.316 e. The third kappa shape index (κ3) is 5.29. The number of hydrogen-bond acceptors (Lipinski definition) is 2. The van der Waals surface area contributed by atoms with Gasteiger partial charge in [0, 0.05) is 22.9 Å². The number of aromatic nitrogens is 1. The van der Waals surface area contributed by atoms with Gasteiger partial charge in [0.15, 0.2) is 0 Å². The lowest BCUT2D eigenvalue weighted by atomic mass is 9.97. The second kappa shape index (κ2) is 10.7. The first kappa shape index (κ1) is 27.3. The van der Waals surface area contributed by atoms with Crippen LogP contribution in [0.2, 0.25) is 5.02 Å². The molecule has 1 unspecified atom stereocenters. The number of carbonyl (C=O) groups excluding carboxylic acids is 2. The van der Waals surface area contributed by atoms with E-state index in [0.29, 0.717) is 10.7 Å². The number of para-hydroxylation sites is 2. The van der Waals surface area contributed by atoms with Gasteiger partial charge in [0.05, 0.1) is 22.6 Å². The van der Waals surface area contributed by atoms with Crippen LogP contribution >= 0.6 is 11.6 Å². The number of urea groups is 1. The summed E-state index contributed by atoms with van der Waals surface area (Å²) in [6.45, 7) is 3.27. The molecule has 40 heavy (non-hydrogen) atoms. The Bertz CT molecular complexity index is 1550. The molecule has 0 radical (unpaired) electrons. The molecule has 0 bridgehead atoms. The van der Waals surface area contributed by atoms with Crippen LogP contribution in [0.3, 0.4) is 0 Å². The molecule has 0 fully saturated rings. The number of carbonyl (C=O) groups is 2. The molecule has 206 valence electrons. The molecule has 0 saturated heterocycles. The van der Waals surface area contributed by atoms with Crippen LogP contribution in [0, 0.1) is 0 Å². The molecule has 1 aliphatic heterocycles. The Kier molecular flexibility index (Phi) is 7.33. The number of benzene rings is 3. The number of rotatable bonds is 5. The molecule has 0 spiro atoms. The molecular weight excluding hydrogens is 541 g/mol. The first-order chi connectivity index (χ1) is 19.0. The van der Waals surface area contributed by atoms with E-state index in [0.717, 1.165) is 29.1 Å². The van der Waals surface area contributed by atoms with Crippen LogP contribution in [0.1, 0.15) is 36.7 Å². The second-order valence-corrected chi connectivity index (χ2v) is 10.2. The fourth-order valence-electron chi connectivity index (χ4n) is 4.90. The minimum absolute atomic E-state index is 0.189. The van der Waals surface area contributed by atoms with E-state index in [1.807, 2.05) is 65.4 Å². The summed E-state index contributed by atoms with van der Waals surface area (Å²) in [5, 5.41) is 3.15. The number of hydrogen-bond donors (Lipinski definition) is 1. The highest BCUT2D eigenvalue weighted by Gasteiger charge is 2.37. The molecular formula is C30H26ClF3N4O2. The normalized spacial score (nSPS) is 14.5. The first-order valence-corrected chi connectivity index (χ1v) is 13.0. The Labute approximate surface area is 234 Å². The predicted molar refractivity (Wildman–Crippen MR) is 149 cm³/mol. The van der Waals surface area contributed by atoms with E-state index in [4.69, 9.17) is 11.6 Å². The van der Waals surface area contributed by atoms with E-state index >= 15 is 0 Å². The van der Waals surface area contributed by atoms with Gasteiger partial charge in [-0.25, -0.2) is 4.79 Å². The van der Waals surface area contributed by atoms with Crippen LogP contribution in [-0.4, -0.2) is 34.0 Å². The summed E-state index contributed by atoms with van der Waals surface area (Å²) in [5.74, 6) is -0.332. The molecule has 3 aromatic carbocycles. The number of alkyl halides is 3. The number of nitrogens with one attached hydrogen (secondary N) is 1. The Morgan fingerprint density at radius 1 is 0.950 bits per heavy atom. The summed E-state index contributed by atoms with van der Waals surface area (Å²) in [6.07, 6.45) is -2.55. The minimum Gasteiger partial charge on any atom is -0.316 e. The van der Waals surface area contributed by atoms with Crippen LogP contribution in [0.5, 0.6) is 0 Å². The molecule has 1 aromatic heterocycles. The van der Waals surface area contributed by atoms with Crippen LogP contribution in [-0.2, 0) is 11.0 Å². The van der Waals surface area contributed by atoms with Crippen LogP contribution < -0.4 is 10.2 Å². The first-order valence-electron chi connectivity index (χ1n) is 12.6. The van der Waals surface area contributed by atoms with Gasteiger partial charge < -0.3 is 14.8 Å². The highest BCUT2D eigenvalue weighted by molar-refractivity contribution is 6.30. The summed E-state index contributed by atoms with van der Waals surface area (Å²) in [6, 6.07) is 21.4. The van der Waals surface area contributed by atoms with E-state index in [1.165, 1.54) is 17.0 Å². The van der Waals surface area contributed by atoms with Crippen molar-refractivity contribution in [2.24, 2.45) is 0 Å². The van der Waals surface area contributed by atoms with Gasteiger partial charge in [-0.15, -0.1) is 0 Å². The molecule has 3 amide bonds. The second-order valence-electron chi connectivity index (χ2n) is 9.74. The lowest BCUT2D eigenvalue weighted by Crippen LogP contribution is -2.49. The molecule has 4 aromatic rings. The molecule has 10 heteroatoms. The van der Waals surface area contributed by atoms with E-state index in [9.17, 15) is 22.8 Å². The quantitative estimate of drug-likeness (QED) is 0.271. The standard InChI is InChI=1S/C30H26ClF3N4O2/c1-19(2)37(29(40)35-23-14-12-21(13-15-23)30(32,33)34)18-27(39)38-25-10-4-3-9-24(25)36-16-6-11-26(36)28(38)20-7-5-8-22(31)17-20/h3-17,19,28H,18H2,1-2H3,(H,35,40). The molecule has 0 saturated carbocycles.